The molecule has 152 valence electrons. The number of carbonyl (C=O) groups is 1. The van der Waals surface area contributed by atoms with Gasteiger partial charge in [-0.15, -0.1) is 0 Å². The van der Waals surface area contributed by atoms with Crippen LogP contribution in [0.5, 0.6) is 0 Å². The molecule has 2 aromatic heterocycles. The van der Waals surface area contributed by atoms with Gasteiger partial charge < -0.3 is 9.80 Å². The minimum atomic E-state index is 0.147. The van der Waals surface area contributed by atoms with Gasteiger partial charge in [0.1, 0.15) is 5.82 Å². The summed E-state index contributed by atoms with van der Waals surface area (Å²) in [5.41, 5.74) is 4.02. The first kappa shape index (κ1) is 18.7. The van der Waals surface area contributed by atoms with Crippen molar-refractivity contribution in [3.8, 4) is 0 Å². The second-order valence-corrected chi connectivity index (χ2v) is 8.13. The number of anilines is 2. The summed E-state index contributed by atoms with van der Waals surface area (Å²) in [6.45, 7) is 5.51. The molecule has 1 atom stereocenters. The number of hydrogen-bond donors (Lipinski definition) is 0. The van der Waals surface area contributed by atoms with E-state index in [0.717, 1.165) is 50.1 Å². The van der Waals surface area contributed by atoms with E-state index >= 15 is 0 Å². The summed E-state index contributed by atoms with van der Waals surface area (Å²) >= 11 is 0. The Kier molecular flexibility index (Phi) is 4.91. The van der Waals surface area contributed by atoms with Gasteiger partial charge in [0.25, 0.3) is 0 Å². The predicted molar refractivity (Wildman–Crippen MR) is 117 cm³/mol. The Morgan fingerprint density at radius 2 is 1.67 bits per heavy atom. The summed E-state index contributed by atoms with van der Waals surface area (Å²) in [6, 6.07) is 14.5. The zero-order valence-corrected chi connectivity index (χ0v) is 17.2. The molecule has 0 N–H and O–H groups in total. The Balaban J connectivity index is 1.32. The number of carbonyl (C=O) groups excluding carboxylic acids is 1. The molecule has 1 fully saturated rings. The molecule has 0 bridgehead atoms. The minimum absolute atomic E-state index is 0.147. The fourth-order valence-corrected chi connectivity index (χ4v) is 4.34. The van der Waals surface area contributed by atoms with Crippen molar-refractivity contribution < 1.29 is 4.79 Å². The molecule has 1 aliphatic heterocycles. The molecule has 5 rings (SSSR count). The average molecular weight is 399 g/mol. The Bertz CT molecular complexity index is 1040. The second kappa shape index (κ2) is 7.86. The summed E-state index contributed by atoms with van der Waals surface area (Å²) in [4.78, 5) is 31.0. The van der Waals surface area contributed by atoms with Gasteiger partial charge in [-0.25, -0.2) is 15.0 Å². The predicted octanol–water partition coefficient (Wildman–Crippen LogP) is 3.42. The molecule has 0 spiro atoms. The molecule has 3 heterocycles. The highest BCUT2D eigenvalue weighted by Crippen LogP contribution is 2.32. The summed E-state index contributed by atoms with van der Waals surface area (Å²) < 4.78 is 0. The number of pyridine rings is 1. The smallest absolute Gasteiger partial charge is 0.225 e. The largest absolute Gasteiger partial charge is 0.353 e. The number of benzene rings is 1. The van der Waals surface area contributed by atoms with E-state index in [1.54, 1.807) is 6.20 Å². The van der Waals surface area contributed by atoms with Gasteiger partial charge in [0.2, 0.25) is 5.95 Å². The number of hydrogen-bond acceptors (Lipinski definition) is 6. The van der Waals surface area contributed by atoms with Gasteiger partial charge in [0.15, 0.2) is 5.78 Å². The van der Waals surface area contributed by atoms with Crippen LogP contribution >= 0.6 is 0 Å². The van der Waals surface area contributed by atoms with Crippen molar-refractivity contribution in [2.75, 3.05) is 36.0 Å². The first-order valence-electron chi connectivity index (χ1n) is 10.5. The molecular weight excluding hydrogens is 374 g/mol. The topological polar surface area (TPSA) is 62.2 Å². The van der Waals surface area contributed by atoms with Gasteiger partial charge in [0, 0.05) is 45.0 Å². The molecule has 1 aliphatic carbocycles. The lowest BCUT2D eigenvalue weighted by atomic mass is 9.82. The number of rotatable bonds is 3. The summed E-state index contributed by atoms with van der Waals surface area (Å²) in [5, 5.41) is 0. The third-order valence-electron chi connectivity index (χ3n) is 6.11. The highest BCUT2D eigenvalue weighted by atomic mass is 16.1. The van der Waals surface area contributed by atoms with Crippen molar-refractivity contribution in [1.29, 1.82) is 0 Å². The third kappa shape index (κ3) is 3.65. The number of aromatic nitrogens is 3. The molecule has 0 amide bonds. The number of ketones is 1. The zero-order chi connectivity index (χ0) is 20.5. The molecule has 0 saturated carbocycles. The first-order valence-corrected chi connectivity index (χ1v) is 10.5. The van der Waals surface area contributed by atoms with E-state index in [9.17, 15) is 4.79 Å². The van der Waals surface area contributed by atoms with Crippen LogP contribution in [0, 0.1) is 6.92 Å². The van der Waals surface area contributed by atoms with E-state index in [1.807, 2.05) is 24.4 Å². The van der Waals surface area contributed by atoms with Crippen molar-refractivity contribution in [3.63, 3.8) is 0 Å². The van der Waals surface area contributed by atoms with Crippen LogP contribution in [0.25, 0.3) is 0 Å². The number of Topliss-reactive ketones (excluding diaryl/α,β-unsaturated/α-hetero) is 1. The van der Waals surface area contributed by atoms with Crippen LogP contribution < -0.4 is 9.80 Å². The maximum Gasteiger partial charge on any atom is 0.225 e. The molecule has 6 heteroatoms. The van der Waals surface area contributed by atoms with Crippen molar-refractivity contribution in [1.82, 2.24) is 15.0 Å². The number of fused-ring (bicyclic) bond motifs is 1. The number of piperazine rings is 1. The van der Waals surface area contributed by atoms with Gasteiger partial charge in [-0.3, -0.25) is 4.79 Å². The highest BCUT2D eigenvalue weighted by molar-refractivity contribution is 5.98. The molecule has 6 nitrogen and oxygen atoms in total. The quantitative estimate of drug-likeness (QED) is 0.673. The fraction of sp³-hybridized carbons (Fsp3) is 0.333. The summed E-state index contributed by atoms with van der Waals surface area (Å²) in [7, 11) is 0. The maximum absolute atomic E-state index is 12.7. The monoisotopic (exact) mass is 399 g/mol. The molecule has 30 heavy (non-hydrogen) atoms. The molecule has 1 unspecified atom stereocenters. The summed E-state index contributed by atoms with van der Waals surface area (Å²) in [5.74, 6) is 2.07. The van der Waals surface area contributed by atoms with E-state index in [-0.39, 0.29) is 11.7 Å². The Labute approximate surface area is 176 Å². The lowest BCUT2D eigenvalue weighted by molar-refractivity contribution is 0.0962. The molecule has 3 aromatic rings. The van der Waals surface area contributed by atoms with Gasteiger partial charge in [-0.1, -0.05) is 35.9 Å². The van der Waals surface area contributed by atoms with Crippen molar-refractivity contribution in [3.05, 3.63) is 77.2 Å². The van der Waals surface area contributed by atoms with Crippen LogP contribution in [-0.4, -0.2) is 46.9 Å². The van der Waals surface area contributed by atoms with Crippen LogP contribution in [0.15, 0.2) is 54.9 Å². The highest BCUT2D eigenvalue weighted by Gasteiger charge is 2.29. The normalized spacial score (nSPS) is 19.0. The number of aryl methyl sites for hydroxylation is 1. The third-order valence-corrected chi connectivity index (χ3v) is 6.11. The Morgan fingerprint density at radius 1 is 0.900 bits per heavy atom. The molecule has 1 aromatic carbocycles. The van der Waals surface area contributed by atoms with E-state index in [2.05, 4.69) is 51.0 Å². The van der Waals surface area contributed by atoms with E-state index in [4.69, 9.17) is 4.98 Å². The van der Waals surface area contributed by atoms with Gasteiger partial charge in [-0.2, -0.15) is 0 Å². The van der Waals surface area contributed by atoms with Gasteiger partial charge in [0.05, 0.1) is 11.3 Å². The zero-order valence-electron chi connectivity index (χ0n) is 17.2. The summed E-state index contributed by atoms with van der Waals surface area (Å²) in [6.07, 6.45) is 4.88. The average Bonchev–Trinajstić information content (AvgIpc) is 2.80. The van der Waals surface area contributed by atoms with Crippen LogP contribution in [0.4, 0.5) is 11.8 Å². The molecule has 0 radical (unpaired) electrons. The van der Waals surface area contributed by atoms with Crippen LogP contribution in [-0.2, 0) is 6.42 Å². The van der Waals surface area contributed by atoms with Crippen molar-refractivity contribution in [2.45, 2.75) is 25.7 Å². The van der Waals surface area contributed by atoms with Crippen LogP contribution in [0.1, 0.15) is 39.5 Å². The minimum Gasteiger partial charge on any atom is -0.353 e. The molecule has 1 saturated heterocycles. The lowest BCUT2D eigenvalue weighted by Gasteiger charge is -2.35. The van der Waals surface area contributed by atoms with Crippen molar-refractivity contribution >= 4 is 17.5 Å². The van der Waals surface area contributed by atoms with Crippen LogP contribution in [0.3, 0.4) is 0 Å². The van der Waals surface area contributed by atoms with E-state index < -0.39 is 0 Å². The molecular formula is C24H25N5O. The lowest BCUT2D eigenvalue weighted by Crippen LogP contribution is -2.47. The van der Waals surface area contributed by atoms with Gasteiger partial charge >= 0.3 is 0 Å². The Morgan fingerprint density at radius 3 is 2.40 bits per heavy atom. The maximum atomic E-state index is 12.7. The standard InChI is InChI=1S/C24H25N5O/c1-17-5-7-18(8-6-17)19-14-21-20(22(30)15-19)16-26-24(27-21)29-12-10-28(11-13-29)23-4-2-3-9-25-23/h2-9,16,19H,10-15H2,1H3. The first-order chi connectivity index (χ1) is 14.7. The number of nitrogens with zero attached hydrogens (tertiary/aromatic N) is 5. The Hall–Kier alpha value is -3.28. The van der Waals surface area contributed by atoms with Gasteiger partial charge in [-0.05, 0) is 37.0 Å². The molecule has 2 aliphatic rings. The van der Waals surface area contributed by atoms with E-state index in [0.29, 0.717) is 12.0 Å². The fourth-order valence-electron chi connectivity index (χ4n) is 4.34. The van der Waals surface area contributed by atoms with Crippen LogP contribution in [0.2, 0.25) is 0 Å². The van der Waals surface area contributed by atoms with Crippen molar-refractivity contribution in [2.24, 2.45) is 0 Å². The van der Waals surface area contributed by atoms with E-state index in [1.165, 1.54) is 11.1 Å². The second-order valence-electron chi connectivity index (χ2n) is 8.13. The SMILES string of the molecule is Cc1ccc(C2CC(=O)c3cnc(N4CCN(c5ccccn5)CC4)nc3C2)cc1.